The number of aliphatic hydroxyl groups is 1. The van der Waals surface area contributed by atoms with E-state index in [0.29, 0.717) is 17.5 Å². The molecular formula is C29H31FN4O5. The number of halogens is 1. The summed E-state index contributed by atoms with van der Waals surface area (Å²) in [5.41, 5.74) is 2.34. The van der Waals surface area contributed by atoms with Crippen LogP contribution in [0.4, 0.5) is 4.39 Å². The molecule has 2 unspecified atom stereocenters. The van der Waals surface area contributed by atoms with Gasteiger partial charge in [0.15, 0.2) is 0 Å². The van der Waals surface area contributed by atoms with E-state index in [-0.39, 0.29) is 31.2 Å². The number of benzene rings is 2. The van der Waals surface area contributed by atoms with Crippen molar-refractivity contribution in [1.29, 1.82) is 0 Å². The Morgan fingerprint density at radius 2 is 2.00 bits per heavy atom. The van der Waals surface area contributed by atoms with Gasteiger partial charge in [-0.25, -0.2) is 9.37 Å². The molecule has 2 aromatic carbocycles. The molecule has 3 atom stereocenters. The normalized spacial score (nSPS) is 17.9. The minimum atomic E-state index is -0.878. The Kier molecular flexibility index (Phi) is 9.00. The van der Waals surface area contributed by atoms with Crippen LogP contribution in [0.5, 0.6) is 0 Å². The fraction of sp³-hybridized carbons (Fsp3) is 0.310. The smallest absolute Gasteiger partial charge is 0.270 e. The van der Waals surface area contributed by atoms with Crippen LogP contribution in [0.25, 0.3) is 17.0 Å². The molecule has 0 saturated carbocycles. The number of ether oxygens (including phenoxy) is 1. The van der Waals surface area contributed by atoms with Gasteiger partial charge >= 0.3 is 0 Å². The average molecular weight is 535 g/mol. The number of carbonyl (C=O) groups is 3. The number of rotatable bonds is 9. The minimum Gasteiger partial charge on any atom is -0.391 e. The van der Waals surface area contributed by atoms with Crippen LogP contribution >= 0.6 is 0 Å². The molecule has 39 heavy (non-hydrogen) atoms. The standard InChI is InChI=1S/C29H31FN4O5/c1-18(23-8-4-3-6-19(23)7-5-13-39-2)32-29(38)26-15-22(35)17-34(26)27(36)16-31-28(37)25-11-9-20-14-21(30)10-12-24(20)33-25/h3-12,14,18,22,26,35H,13,15-17H2,1-2H3,(H,31,37)(H,32,38)/b7-5+/t18-,22?,26?/m1/s1. The summed E-state index contributed by atoms with van der Waals surface area (Å²) >= 11 is 0. The monoisotopic (exact) mass is 534 g/mol. The molecule has 1 saturated heterocycles. The quantitative estimate of drug-likeness (QED) is 0.388. The van der Waals surface area contributed by atoms with Gasteiger partial charge in [-0.2, -0.15) is 0 Å². The SMILES string of the molecule is COC/C=C/c1ccccc1[C@@H](C)NC(=O)C1CC(O)CN1C(=O)CNC(=O)c1ccc2cc(F)ccc2n1. The number of carbonyl (C=O) groups excluding carboxylic acids is 3. The molecule has 0 aliphatic carbocycles. The molecule has 1 aromatic heterocycles. The Morgan fingerprint density at radius 3 is 2.79 bits per heavy atom. The number of aromatic nitrogens is 1. The highest BCUT2D eigenvalue weighted by molar-refractivity contribution is 5.97. The lowest BCUT2D eigenvalue weighted by Gasteiger charge is -2.26. The lowest BCUT2D eigenvalue weighted by Crippen LogP contribution is -2.49. The molecule has 3 N–H and O–H groups in total. The third kappa shape index (κ3) is 6.84. The highest BCUT2D eigenvalue weighted by atomic mass is 19.1. The first-order valence-electron chi connectivity index (χ1n) is 12.6. The van der Waals surface area contributed by atoms with Crippen molar-refractivity contribution in [3.8, 4) is 0 Å². The summed E-state index contributed by atoms with van der Waals surface area (Å²) in [7, 11) is 1.61. The second-order valence-corrected chi connectivity index (χ2v) is 9.38. The number of nitrogens with one attached hydrogen (secondary N) is 2. The van der Waals surface area contributed by atoms with E-state index in [1.165, 1.54) is 29.2 Å². The molecule has 9 nitrogen and oxygen atoms in total. The number of hydrogen-bond donors (Lipinski definition) is 3. The first-order valence-corrected chi connectivity index (χ1v) is 12.6. The third-order valence-electron chi connectivity index (χ3n) is 6.57. The Morgan fingerprint density at radius 1 is 1.21 bits per heavy atom. The summed E-state index contributed by atoms with van der Waals surface area (Å²) < 4.78 is 18.5. The van der Waals surface area contributed by atoms with Gasteiger partial charge < -0.3 is 25.4 Å². The topological polar surface area (TPSA) is 121 Å². The van der Waals surface area contributed by atoms with Gasteiger partial charge in [-0.05, 0) is 42.3 Å². The lowest BCUT2D eigenvalue weighted by atomic mass is 10.0. The minimum absolute atomic E-state index is 0.0166. The van der Waals surface area contributed by atoms with Crippen LogP contribution in [0.3, 0.4) is 0 Å². The Labute approximate surface area is 225 Å². The van der Waals surface area contributed by atoms with Crippen LogP contribution in [0, 0.1) is 5.82 Å². The van der Waals surface area contributed by atoms with Crippen LogP contribution in [-0.2, 0) is 14.3 Å². The maximum Gasteiger partial charge on any atom is 0.270 e. The van der Waals surface area contributed by atoms with E-state index < -0.39 is 35.7 Å². The van der Waals surface area contributed by atoms with Gasteiger partial charge in [0.1, 0.15) is 17.6 Å². The number of methoxy groups -OCH3 is 1. The highest BCUT2D eigenvalue weighted by Crippen LogP contribution is 2.23. The van der Waals surface area contributed by atoms with Crippen LogP contribution in [-0.4, -0.2) is 71.7 Å². The summed E-state index contributed by atoms with van der Waals surface area (Å²) in [6, 6.07) is 13.5. The number of hydrogen-bond acceptors (Lipinski definition) is 6. The summed E-state index contributed by atoms with van der Waals surface area (Å²) in [6.07, 6.45) is 3.03. The van der Waals surface area contributed by atoms with Gasteiger partial charge in [-0.1, -0.05) is 42.5 Å². The Balaban J connectivity index is 1.38. The van der Waals surface area contributed by atoms with Crippen molar-refractivity contribution in [2.24, 2.45) is 0 Å². The Hall–Kier alpha value is -4.15. The van der Waals surface area contributed by atoms with Crippen molar-refractivity contribution < 1.29 is 28.6 Å². The molecule has 10 heteroatoms. The van der Waals surface area contributed by atoms with Gasteiger partial charge in [-0.3, -0.25) is 14.4 Å². The highest BCUT2D eigenvalue weighted by Gasteiger charge is 2.39. The molecule has 0 spiro atoms. The van der Waals surface area contributed by atoms with Crippen molar-refractivity contribution in [2.45, 2.75) is 31.5 Å². The molecule has 4 rings (SSSR count). The summed E-state index contributed by atoms with van der Waals surface area (Å²) in [5.74, 6) is -1.88. The first-order chi connectivity index (χ1) is 18.8. The average Bonchev–Trinajstić information content (AvgIpc) is 3.33. The van der Waals surface area contributed by atoms with E-state index in [1.54, 1.807) is 13.2 Å². The molecular weight excluding hydrogens is 503 g/mol. The molecule has 2 heterocycles. The van der Waals surface area contributed by atoms with Gasteiger partial charge in [0.2, 0.25) is 11.8 Å². The zero-order chi connectivity index (χ0) is 27.9. The van der Waals surface area contributed by atoms with Gasteiger partial charge in [0, 0.05) is 25.5 Å². The number of nitrogens with zero attached hydrogens (tertiary/aromatic N) is 2. The second kappa shape index (κ2) is 12.6. The summed E-state index contributed by atoms with van der Waals surface area (Å²) in [6.45, 7) is 1.92. The number of amides is 3. The van der Waals surface area contributed by atoms with Crippen molar-refractivity contribution in [3.05, 3.63) is 83.3 Å². The fourth-order valence-electron chi connectivity index (χ4n) is 4.62. The second-order valence-electron chi connectivity index (χ2n) is 9.38. The van der Waals surface area contributed by atoms with Crippen molar-refractivity contribution in [3.63, 3.8) is 0 Å². The molecule has 1 aliphatic heterocycles. The van der Waals surface area contributed by atoms with Gasteiger partial charge in [0.05, 0.1) is 30.8 Å². The molecule has 3 amide bonds. The fourth-order valence-corrected chi connectivity index (χ4v) is 4.62. The number of aliphatic hydroxyl groups excluding tert-OH is 1. The van der Waals surface area contributed by atoms with Crippen molar-refractivity contribution >= 4 is 34.7 Å². The number of likely N-dealkylation sites (tertiary alicyclic amines) is 1. The predicted octanol–water partition coefficient (Wildman–Crippen LogP) is 2.60. The van der Waals surface area contributed by atoms with Gasteiger partial charge in [-0.15, -0.1) is 0 Å². The zero-order valence-corrected chi connectivity index (χ0v) is 21.8. The third-order valence-corrected chi connectivity index (χ3v) is 6.57. The van der Waals surface area contributed by atoms with Crippen LogP contribution in [0.1, 0.15) is 41.0 Å². The summed E-state index contributed by atoms with van der Waals surface area (Å²) in [4.78, 5) is 44.3. The molecule has 1 aliphatic rings. The maximum absolute atomic E-state index is 13.4. The number of fused-ring (bicyclic) bond motifs is 1. The Bertz CT molecular complexity index is 1400. The number of β-amino-alcohol motifs (C(OH)–C–C–N with tert-alkyl or cyclic N) is 1. The van der Waals surface area contributed by atoms with Crippen LogP contribution < -0.4 is 10.6 Å². The lowest BCUT2D eigenvalue weighted by molar-refractivity contribution is -0.138. The number of pyridine rings is 1. The molecule has 204 valence electrons. The van der Waals surface area contributed by atoms with E-state index in [0.717, 1.165) is 11.1 Å². The van der Waals surface area contributed by atoms with E-state index in [4.69, 9.17) is 4.74 Å². The van der Waals surface area contributed by atoms with Crippen molar-refractivity contribution in [1.82, 2.24) is 20.5 Å². The van der Waals surface area contributed by atoms with E-state index in [9.17, 15) is 23.9 Å². The zero-order valence-electron chi connectivity index (χ0n) is 21.8. The van der Waals surface area contributed by atoms with E-state index >= 15 is 0 Å². The first kappa shape index (κ1) is 27.9. The molecule has 1 fully saturated rings. The summed E-state index contributed by atoms with van der Waals surface area (Å²) in [5, 5.41) is 16.3. The van der Waals surface area contributed by atoms with E-state index in [2.05, 4.69) is 15.6 Å². The molecule has 0 bridgehead atoms. The van der Waals surface area contributed by atoms with Crippen molar-refractivity contribution in [2.75, 3.05) is 26.8 Å². The predicted molar refractivity (Wildman–Crippen MR) is 144 cm³/mol. The van der Waals surface area contributed by atoms with Crippen LogP contribution in [0.15, 0.2) is 60.7 Å². The molecule has 3 aromatic rings. The van der Waals surface area contributed by atoms with Crippen LogP contribution in [0.2, 0.25) is 0 Å². The van der Waals surface area contributed by atoms with E-state index in [1.807, 2.05) is 43.3 Å². The largest absolute Gasteiger partial charge is 0.391 e. The maximum atomic E-state index is 13.4. The molecule has 0 radical (unpaired) electrons. The van der Waals surface area contributed by atoms with Gasteiger partial charge in [0.25, 0.3) is 5.91 Å².